The topological polar surface area (TPSA) is 87.1 Å². The Labute approximate surface area is 136 Å². The van der Waals surface area contributed by atoms with Crippen LogP contribution in [0.25, 0.3) is 11.3 Å². The van der Waals surface area contributed by atoms with E-state index in [1.54, 1.807) is 12.1 Å². The fraction of sp³-hybridized carbons (Fsp3) is 0.353. The predicted octanol–water partition coefficient (Wildman–Crippen LogP) is 2.67. The molecule has 0 saturated carbocycles. The highest BCUT2D eigenvalue weighted by molar-refractivity contribution is 5.88. The number of nitrogens with one attached hydrogen (secondary N) is 2. The molecule has 1 atom stereocenters. The summed E-state index contributed by atoms with van der Waals surface area (Å²) >= 11 is 0. The van der Waals surface area contributed by atoms with Crippen LogP contribution in [-0.4, -0.2) is 34.0 Å². The summed E-state index contributed by atoms with van der Waals surface area (Å²) in [5.41, 5.74) is 1.71. The fourth-order valence-electron chi connectivity index (χ4n) is 2.16. The molecule has 0 bridgehead atoms. The molecule has 6 nitrogen and oxygen atoms in total. The van der Waals surface area contributed by atoms with E-state index in [4.69, 9.17) is 0 Å². The van der Waals surface area contributed by atoms with Crippen molar-refractivity contribution < 1.29 is 9.90 Å². The molecule has 0 aliphatic rings. The number of urea groups is 1. The Kier molecular flexibility index (Phi) is 6.05. The highest BCUT2D eigenvalue weighted by Crippen LogP contribution is 2.16. The van der Waals surface area contributed by atoms with Crippen LogP contribution in [-0.2, 0) is 0 Å². The lowest BCUT2D eigenvalue weighted by atomic mass is 10.1. The van der Waals surface area contributed by atoms with E-state index in [2.05, 4.69) is 20.8 Å². The number of aromatic nitrogens is 2. The number of hydrogen-bond donors (Lipinski definition) is 3. The highest BCUT2D eigenvalue weighted by Gasteiger charge is 2.09. The molecule has 1 unspecified atom stereocenters. The summed E-state index contributed by atoms with van der Waals surface area (Å²) in [6.07, 6.45) is 0.0959. The first-order valence-electron chi connectivity index (χ1n) is 7.66. The van der Waals surface area contributed by atoms with Gasteiger partial charge in [0.25, 0.3) is 0 Å². The van der Waals surface area contributed by atoms with Gasteiger partial charge in [-0.3, -0.25) is 5.32 Å². The van der Waals surface area contributed by atoms with Gasteiger partial charge in [-0.25, -0.2) is 4.79 Å². The van der Waals surface area contributed by atoms with E-state index in [1.807, 2.05) is 44.2 Å². The third-order valence-electron chi connectivity index (χ3n) is 3.22. The van der Waals surface area contributed by atoms with Crippen molar-refractivity contribution in [2.24, 2.45) is 5.92 Å². The van der Waals surface area contributed by atoms with E-state index in [0.717, 1.165) is 11.3 Å². The Hall–Kier alpha value is -2.47. The second-order valence-electron chi connectivity index (χ2n) is 5.79. The summed E-state index contributed by atoms with van der Waals surface area (Å²) in [7, 11) is 0. The van der Waals surface area contributed by atoms with Gasteiger partial charge in [0.1, 0.15) is 0 Å². The Balaban J connectivity index is 1.85. The Morgan fingerprint density at radius 3 is 2.48 bits per heavy atom. The van der Waals surface area contributed by atoms with Gasteiger partial charge >= 0.3 is 6.03 Å². The maximum Gasteiger partial charge on any atom is 0.320 e. The molecule has 23 heavy (non-hydrogen) atoms. The van der Waals surface area contributed by atoms with Crippen molar-refractivity contribution in [3.8, 4) is 11.3 Å². The molecule has 2 aromatic rings. The van der Waals surface area contributed by atoms with E-state index in [1.165, 1.54) is 0 Å². The standard InChI is InChI=1S/C17H22N4O2/c1-12(2)10-14(22)11-18-17(23)19-16-9-8-15(20-21-16)13-6-4-3-5-7-13/h3-9,12,14,22H,10-11H2,1-2H3,(H2,18,19,21,23). The number of anilines is 1. The first-order valence-corrected chi connectivity index (χ1v) is 7.66. The van der Waals surface area contributed by atoms with E-state index in [9.17, 15) is 9.90 Å². The molecule has 2 amide bonds. The molecule has 0 saturated heterocycles. The van der Waals surface area contributed by atoms with Gasteiger partial charge in [-0.15, -0.1) is 10.2 Å². The Bertz CT molecular complexity index is 614. The highest BCUT2D eigenvalue weighted by atomic mass is 16.3. The minimum Gasteiger partial charge on any atom is -0.391 e. The van der Waals surface area contributed by atoms with Crippen LogP contribution in [0.2, 0.25) is 0 Å². The van der Waals surface area contributed by atoms with E-state index < -0.39 is 12.1 Å². The van der Waals surface area contributed by atoms with Crippen molar-refractivity contribution >= 4 is 11.8 Å². The first-order chi connectivity index (χ1) is 11.0. The smallest absolute Gasteiger partial charge is 0.320 e. The molecule has 0 aliphatic heterocycles. The SMILES string of the molecule is CC(C)CC(O)CNC(=O)Nc1ccc(-c2ccccc2)nn1. The third kappa shape index (κ3) is 5.67. The summed E-state index contributed by atoms with van der Waals surface area (Å²) in [6, 6.07) is 12.8. The lowest BCUT2D eigenvalue weighted by Gasteiger charge is -2.14. The third-order valence-corrected chi connectivity index (χ3v) is 3.22. The number of carbonyl (C=O) groups is 1. The fourth-order valence-corrected chi connectivity index (χ4v) is 2.16. The van der Waals surface area contributed by atoms with Crippen LogP contribution in [0.1, 0.15) is 20.3 Å². The van der Waals surface area contributed by atoms with Crippen LogP contribution in [0.4, 0.5) is 10.6 Å². The molecular formula is C17H22N4O2. The van der Waals surface area contributed by atoms with Gasteiger partial charge in [-0.1, -0.05) is 44.2 Å². The summed E-state index contributed by atoms with van der Waals surface area (Å²) < 4.78 is 0. The van der Waals surface area contributed by atoms with Crippen molar-refractivity contribution in [2.45, 2.75) is 26.4 Å². The Morgan fingerprint density at radius 2 is 1.87 bits per heavy atom. The minimum absolute atomic E-state index is 0.208. The van der Waals surface area contributed by atoms with Crippen LogP contribution in [0.5, 0.6) is 0 Å². The monoisotopic (exact) mass is 314 g/mol. The van der Waals surface area contributed by atoms with Gasteiger partial charge in [-0.2, -0.15) is 0 Å². The molecule has 0 spiro atoms. The number of rotatable bonds is 6. The molecule has 3 N–H and O–H groups in total. The molecule has 1 heterocycles. The predicted molar refractivity (Wildman–Crippen MR) is 90.0 cm³/mol. The van der Waals surface area contributed by atoms with Gasteiger partial charge < -0.3 is 10.4 Å². The first kappa shape index (κ1) is 16.9. The largest absolute Gasteiger partial charge is 0.391 e. The molecule has 0 radical (unpaired) electrons. The zero-order valence-corrected chi connectivity index (χ0v) is 13.4. The number of amides is 2. The second kappa shape index (κ2) is 8.24. The number of carbonyl (C=O) groups excluding carboxylic acids is 1. The van der Waals surface area contributed by atoms with Crippen LogP contribution in [0.3, 0.4) is 0 Å². The molecule has 6 heteroatoms. The van der Waals surface area contributed by atoms with Gasteiger partial charge in [0.2, 0.25) is 0 Å². The van der Waals surface area contributed by atoms with Gasteiger partial charge in [0.15, 0.2) is 5.82 Å². The van der Waals surface area contributed by atoms with E-state index >= 15 is 0 Å². The molecular weight excluding hydrogens is 292 g/mol. The average Bonchev–Trinajstić information content (AvgIpc) is 2.54. The quantitative estimate of drug-likeness (QED) is 0.765. The minimum atomic E-state index is -0.549. The molecule has 0 fully saturated rings. The Morgan fingerprint density at radius 1 is 1.13 bits per heavy atom. The summed E-state index contributed by atoms with van der Waals surface area (Å²) in [5.74, 6) is 0.742. The molecule has 1 aromatic carbocycles. The number of aliphatic hydroxyl groups excluding tert-OH is 1. The molecule has 1 aromatic heterocycles. The summed E-state index contributed by atoms with van der Waals surface area (Å²) in [5, 5.41) is 23.0. The van der Waals surface area contributed by atoms with Crippen molar-refractivity contribution in [1.82, 2.24) is 15.5 Å². The lowest BCUT2D eigenvalue weighted by Crippen LogP contribution is -2.36. The number of hydrogen-bond acceptors (Lipinski definition) is 4. The van der Waals surface area contributed by atoms with E-state index in [0.29, 0.717) is 18.2 Å². The van der Waals surface area contributed by atoms with Crippen molar-refractivity contribution in [1.29, 1.82) is 0 Å². The molecule has 2 rings (SSSR count). The summed E-state index contributed by atoms with van der Waals surface area (Å²) in [6.45, 7) is 4.25. The maximum atomic E-state index is 11.8. The van der Waals surface area contributed by atoms with Crippen molar-refractivity contribution in [3.63, 3.8) is 0 Å². The van der Waals surface area contributed by atoms with Crippen molar-refractivity contribution in [2.75, 3.05) is 11.9 Å². The normalized spacial score (nSPS) is 12.0. The average molecular weight is 314 g/mol. The van der Waals surface area contributed by atoms with Crippen LogP contribution < -0.4 is 10.6 Å². The zero-order valence-electron chi connectivity index (χ0n) is 13.4. The van der Waals surface area contributed by atoms with Crippen LogP contribution in [0.15, 0.2) is 42.5 Å². The number of nitrogens with zero attached hydrogens (tertiary/aromatic N) is 2. The maximum absolute atomic E-state index is 11.8. The number of benzene rings is 1. The van der Waals surface area contributed by atoms with Gasteiger partial charge in [0, 0.05) is 12.1 Å². The number of aliphatic hydroxyl groups is 1. The lowest BCUT2D eigenvalue weighted by molar-refractivity contribution is 0.148. The zero-order chi connectivity index (χ0) is 16.7. The van der Waals surface area contributed by atoms with E-state index in [-0.39, 0.29) is 6.54 Å². The van der Waals surface area contributed by atoms with Gasteiger partial charge in [0.05, 0.1) is 11.8 Å². The van der Waals surface area contributed by atoms with Crippen LogP contribution in [0, 0.1) is 5.92 Å². The second-order valence-corrected chi connectivity index (χ2v) is 5.79. The van der Waals surface area contributed by atoms with Crippen molar-refractivity contribution in [3.05, 3.63) is 42.5 Å². The molecule has 0 aliphatic carbocycles. The molecule has 122 valence electrons. The van der Waals surface area contributed by atoms with Gasteiger partial charge in [-0.05, 0) is 24.5 Å². The van der Waals surface area contributed by atoms with Crippen LogP contribution >= 0.6 is 0 Å². The summed E-state index contributed by atoms with van der Waals surface area (Å²) in [4.78, 5) is 11.8.